The van der Waals surface area contributed by atoms with E-state index < -0.39 is 0 Å². The molecule has 3 aromatic rings. The van der Waals surface area contributed by atoms with Crippen LogP contribution < -0.4 is 13.7 Å². The van der Waals surface area contributed by atoms with Crippen molar-refractivity contribution < 1.29 is 18.0 Å². The maximum Gasteiger partial charge on any atom is 0.184 e. The molecule has 0 radical (unpaired) electrons. The molecule has 3 aromatic carbocycles. The van der Waals surface area contributed by atoms with E-state index >= 15 is 0 Å². The van der Waals surface area contributed by atoms with Gasteiger partial charge in [-0.3, -0.25) is 4.90 Å². The third-order valence-electron chi connectivity index (χ3n) is 6.22. The second kappa shape index (κ2) is 8.96. The van der Waals surface area contributed by atoms with Gasteiger partial charge in [-0.2, -0.15) is 0 Å². The monoisotopic (exact) mass is 515 g/mol. The molecule has 0 amide bonds. The van der Waals surface area contributed by atoms with E-state index in [1.807, 2.05) is 18.2 Å². The van der Waals surface area contributed by atoms with Gasteiger partial charge in [-0.15, -0.1) is 0 Å². The van der Waals surface area contributed by atoms with Crippen LogP contribution in [-0.2, 0) is 19.4 Å². The normalized spacial score (nSPS) is 17.2. The van der Waals surface area contributed by atoms with Crippen molar-refractivity contribution in [3.8, 4) is 17.2 Å². The van der Waals surface area contributed by atoms with E-state index in [9.17, 15) is 4.39 Å². The number of nitrogens with zero attached hydrogens (tertiary/aromatic N) is 1. The van der Waals surface area contributed by atoms with Gasteiger partial charge in [0, 0.05) is 29.2 Å². The van der Waals surface area contributed by atoms with Crippen LogP contribution in [0, 0.1) is 5.82 Å². The number of benzene rings is 3. The Balaban J connectivity index is 1.50. The third-order valence-corrected chi connectivity index (χ3v) is 7.63. The van der Waals surface area contributed by atoms with Gasteiger partial charge in [-0.1, -0.05) is 28.1 Å². The molecule has 2 aliphatic rings. The number of rotatable bonds is 5. The molecule has 1 atom stereocenters. The minimum atomic E-state index is -0.283. The first-order valence-electron chi connectivity index (χ1n) is 10.5. The van der Waals surface area contributed by atoms with Crippen molar-refractivity contribution >= 4 is 28.0 Å². The predicted molar refractivity (Wildman–Crippen MR) is 127 cm³/mol. The van der Waals surface area contributed by atoms with E-state index in [1.165, 1.54) is 28.8 Å². The molecular formula is C25H23BrFNO3S. The molecule has 4 nitrogen and oxygen atoms in total. The Bertz CT molecular complexity index is 1170. The summed E-state index contributed by atoms with van der Waals surface area (Å²) in [4.78, 5) is 3.21. The maximum atomic E-state index is 13.6. The predicted octanol–water partition coefficient (Wildman–Crippen LogP) is 6.35. The molecule has 2 heterocycles. The molecule has 0 aromatic heterocycles. The minimum absolute atomic E-state index is 0.283. The van der Waals surface area contributed by atoms with Crippen LogP contribution >= 0.6 is 28.0 Å². The Hall–Kier alpha value is -2.22. The Labute approximate surface area is 200 Å². The van der Waals surface area contributed by atoms with Crippen LogP contribution in [0.4, 0.5) is 4.39 Å². The summed E-state index contributed by atoms with van der Waals surface area (Å²) < 4.78 is 31.9. The zero-order chi connectivity index (χ0) is 22.2. The number of hydrogen-bond acceptors (Lipinski definition) is 5. The highest BCUT2D eigenvalue weighted by atomic mass is 79.9. The molecule has 5 rings (SSSR count). The first kappa shape index (κ1) is 21.6. The summed E-state index contributed by atoms with van der Waals surface area (Å²) in [5.74, 6) is 2.00. The van der Waals surface area contributed by atoms with Gasteiger partial charge in [0.05, 0.1) is 31.2 Å². The lowest BCUT2D eigenvalue weighted by Crippen LogP contribution is -2.39. The van der Waals surface area contributed by atoms with E-state index in [0.29, 0.717) is 22.4 Å². The fraction of sp³-hybridized carbons (Fsp3) is 0.280. The van der Waals surface area contributed by atoms with Gasteiger partial charge in [-0.25, -0.2) is 4.39 Å². The average molecular weight is 516 g/mol. The zero-order valence-electron chi connectivity index (χ0n) is 17.9. The van der Waals surface area contributed by atoms with E-state index in [-0.39, 0.29) is 5.82 Å². The van der Waals surface area contributed by atoms with Gasteiger partial charge < -0.3 is 13.7 Å². The van der Waals surface area contributed by atoms with Gasteiger partial charge in [-0.05, 0) is 65.9 Å². The average Bonchev–Trinajstić information content (AvgIpc) is 2.82. The molecule has 7 heteroatoms. The second-order valence-corrected chi connectivity index (χ2v) is 9.64. The molecule has 1 unspecified atom stereocenters. The lowest BCUT2D eigenvalue weighted by molar-refractivity contribution is 0.159. The van der Waals surface area contributed by atoms with Gasteiger partial charge in [0.15, 0.2) is 11.5 Å². The quantitative estimate of drug-likeness (QED) is 0.369. The first-order valence-corrected chi connectivity index (χ1v) is 12.0. The third kappa shape index (κ3) is 3.98. The van der Waals surface area contributed by atoms with Crippen LogP contribution in [0.2, 0.25) is 0 Å². The molecule has 0 N–H and O–H groups in total. The van der Waals surface area contributed by atoms with E-state index in [2.05, 4.69) is 33.0 Å². The van der Waals surface area contributed by atoms with Gasteiger partial charge >= 0.3 is 0 Å². The highest BCUT2D eigenvalue weighted by molar-refractivity contribution is 9.10. The molecule has 0 saturated carbocycles. The van der Waals surface area contributed by atoms with Crippen molar-refractivity contribution in [2.45, 2.75) is 30.3 Å². The summed E-state index contributed by atoms with van der Waals surface area (Å²) in [5.41, 5.74) is 5.07. The lowest BCUT2D eigenvalue weighted by Gasteiger charge is -2.42. The Kier molecular flexibility index (Phi) is 6.05. The largest absolute Gasteiger partial charge is 0.497 e. The zero-order valence-corrected chi connectivity index (χ0v) is 20.3. The summed E-state index contributed by atoms with van der Waals surface area (Å²) >= 11 is 4.91. The van der Waals surface area contributed by atoms with Crippen LogP contribution in [0.3, 0.4) is 0 Å². The highest BCUT2D eigenvalue weighted by Gasteiger charge is 2.35. The summed E-state index contributed by atoms with van der Waals surface area (Å²) in [7, 11) is 3.35. The van der Waals surface area contributed by atoms with Gasteiger partial charge in [0.1, 0.15) is 11.6 Å². The van der Waals surface area contributed by atoms with Crippen molar-refractivity contribution in [3.05, 3.63) is 81.1 Å². The molecule has 0 fully saturated rings. The molecule has 0 aliphatic carbocycles. The van der Waals surface area contributed by atoms with Crippen molar-refractivity contribution in [1.82, 2.24) is 4.90 Å². The van der Waals surface area contributed by atoms with E-state index in [1.54, 1.807) is 20.3 Å². The van der Waals surface area contributed by atoms with Crippen molar-refractivity contribution in [2.24, 2.45) is 0 Å². The smallest absolute Gasteiger partial charge is 0.184 e. The lowest BCUT2D eigenvalue weighted by atomic mass is 9.83. The first-order chi connectivity index (χ1) is 15.6. The topological polar surface area (TPSA) is 30.9 Å². The van der Waals surface area contributed by atoms with E-state index in [0.717, 1.165) is 53.8 Å². The molecular weight excluding hydrogens is 493 g/mol. The number of methoxy groups -OCH3 is 2. The summed E-state index contributed by atoms with van der Waals surface area (Å²) in [6, 6.07) is 15.1. The Morgan fingerprint density at radius 2 is 1.94 bits per heavy atom. The summed E-state index contributed by atoms with van der Waals surface area (Å²) in [5, 5.41) is 0. The Morgan fingerprint density at radius 3 is 2.72 bits per heavy atom. The summed E-state index contributed by atoms with van der Waals surface area (Å²) in [6.45, 7) is 1.73. The number of hydrogen-bond donors (Lipinski definition) is 0. The second-order valence-electron chi connectivity index (χ2n) is 7.98. The maximum absolute atomic E-state index is 13.6. The fourth-order valence-electron chi connectivity index (χ4n) is 4.63. The minimum Gasteiger partial charge on any atom is -0.497 e. The fourth-order valence-corrected chi connectivity index (χ4v) is 5.90. The highest BCUT2D eigenvalue weighted by Crippen LogP contribution is 2.48. The van der Waals surface area contributed by atoms with Crippen LogP contribution in [0.15, 0.2) is 57.9 Å². The van der Waals surface area contributed by atoms with Crippen LogP contribution in [-0.4, -0.2) is 25.7 Å². The van der Waals surface area contributed by atoms with Gasteiger partial charge in [0.2, 0.25) is 0 Å². The summed E-state index contributed by atoms with van der Waals surface area (Å²) in [6.07, 6.45) is 1.86. The molecule has 0 saturated heterocycles. The van der Waals surface area contributed by atoms with Crippen molar-refractivity contribution in [3.63, 3.8) is 0 Å². The SMILES string of the molecule is COc1ccc2c(c1)CCN1Cc3c(c(Br)cc(OC)c3OSc3cccc(F)c3)CC21. The molecule has 0 bridgehead atoms. The van der Waals surface area contributed by atoms with Crippen molar-refractivity contribution in [1.29, 1.82) is 0 Å². The molecule has 32 heavy (non-hydrogen) atoms. The van der Waals surface area contributed by atoms with Crippen LogP contribution in [0.5, 0.6) is 17.2 Å². The number of halogens is 2. The molecule has 2 aliphatic heterocycles. The van der Waals surface area contributed by atoms with Crippen LogP contribution in [0.1, 0.15) is 28.3 Å². The number of fused-ring (bicyclic) bond motifs is 4. The standard InChI is InChI=1S/C25H23BrFNO3S/c1-29-17-6-7-19-15(10-17)8-9-28-14-21-20(12-23(19)28)22(26)13-24(30-2)25(21)31-32-18-5-3-4-16(27)11-18/h3-7,10-11,13,23H,8-9,12,14H2,1-2H3. The Morgan fingerprint density at radius 1 is 1.06 bits per heavy atom. The van der Waals surface area contributed by atoms with Crippen molar-refractivity contribution in [2.75, 3.05) is 20.8 Å². The van der Waals surface area contributed by atoms with Crippen LogP contribution in [0.25, 0.3) is 0 Å². The van der Waals surface area contributed by atoms with E-state index in [4.69, 9.17) is 13.7 Å². The molecule has 0 spiro atoms. The molecule has 166 valence electrons. The number of ether oxygens (including phenoxy) is 2. The van der Waals surface area contributed by atoms with Gasteiger partial charge in [0.25, 0.3) is 0 Å².